The average molecular weight is 302 g/mol. The molecule has 1 amide bonds. The Morgan fingerprint density at radius 1 is 1.52 bits per heavy atom. The van der Waals surface area contributed by atoms with Crippen molar-refractivity contribution in [3.8, 4) is 6.07 Å². The Bertz CT molecular complexity index is 733. The van der Waals surface area contributed by atoms with E-state index in [0.717, 1.165) is 11.4 Å². The number of imidazole rings is 1. The van der Waals surface area contributed by atoms with Crippen LogP contribution < -0.4 is 10.6 Å². The molecule has 0 saturated heterocycles. The van der Waals surface area contributed by atoms with Crippen LogP contribution in [0.25, 0.3) is 0 Å². The number of carbonyl (C=O) groups is 1. The van der Waals surface area contributed by atoms with Gasteiger partial charge in [-0.15, -0.1) is 0 Å². The maximum Gasteiger partial charge on any atom is 0.241 e. The van der Waals surface area contributed by atoms with Gasteiger partial charge < -0.3 is 10.3 Å². The third-order valence-corrected chi connectivity index (χ3v) is 3.73. The van der Waals surface area contributed by atoms with Crippen LogP contribution in [0.3, 0.4) is 0 Å². The van der Waals surface area contributed by atoms with Crippen LogP contribution in [0.1, 0.15) is 17.0 Å². The summed E-state index contributed by atoms with van der Waals surface area (Å²) in [7, 11) is 0. The van der Waals surface area contributed by atoms with Crippen molar-refractivity contribution in [2.45, 2.75) is 19.0 Å². The Labute approximate surface area is 126 Å². The van der Waals surface area contributed by atoms with Crippen molar-refractivity contribution in [2.24, 2.45) is 0 Å². The summed E-state index contributed by atoms with van der Waals surface area (Å²) >= 11 is 5.87. The van der Waals surface area contributed by atoms with Crippen LogP contribution in [0.5, 0.6) is 0 Å². The van der Waals surface area contributed by atoms with Crippen LogP contribution in [0.15, 0.2) is 24.5 Å². The highest BCUT2D eigenvalue weighted by Crippen LogP contribution is 2.20. The van der Waals surface area contributed by atoms with Crippen molar-refractivity contribution in [2.75, 3.05) is 5.32 Å². The zero-order valence-electron chi connectivity index (χ0n) is 11.0. The Morgan fingerprint density at radius 2 is 2.38 bits per heavy atom. The lowest BCUT2D eigenvalue weighted by Crippen LogP contribution is -2.44. The Hall–Kier alpha value is -2.36. The third-order valence-electron chi connectivity index (χ3n) is 3.40. The second-order valence-corrected chi connectivity index (χ2v) is 5.17. The molecular weight excluding hydrogens is 290 g/mol. The number of nitrogens with one attached hydrogen (secondary N) is 3. The molecule has 21 heavy (non-hydrogen) atoms. The number of nitriles is 1. The predicted octanol–water partition coefficient (Wildman–Crippen LogP) is 1.59. The fraction of sp³-hybridized carbons (Fsp3) is 0.214. The average Bonchev–Trinajstić information content (AvgIpc) is 2.96. The number of hydrogen-bond donors (Lipinski definition) is 3. The number of H-pyrrole nitrogens is 1. The monoisotopic (exact) mass is 301 g/mol. The van der Waals surface area contributed by atoms with Crippen molar-refractivity contribution in [1.29, 1.82) is 5.26 Å². The summed E-state index contributed by atoms with van der Waals surface area (Å²) in [4.78, 5) is 19.5. The van der Waals surface area contributed by atoms with E-state index in [9.17, 15) is 4.79 Å². The van der Waals surface area contributed by atoms with Gasteiger partial charge in [-0.2, -0.15) is 5.26 Å². The highest BCUT2D eigenvalue weighted by molar-refractivity contribution is 6.31. The molecule has 1 unspecified atom stereocenters. The number of anilines is 1. The topological polar surface area (TPSA) is 93.6 Å². The predicted molar refractivity (Wildman–Crippen MR) is 77.7 cm³/mol. The van der Waals surface area contributed by atoms with E-state index in [2.05, 4.69) is 20.6 Å². The van der Waals surface area contributed by atoms with Crippen LogP contribution in [0.2, 0.25) is 5.02 Å². The molecule has 7 heteroatoms. The summed E-state index contributed by atoms with van der Waals surface area (Å²) in [5, 5.41) is 15.2. The minimum Gasteiger partial charge on any atom is -0.347 e. The van der Waals surface area contributed by atoms with E-state index >= 15 is 0 Å². The van der Waals surface area contributed by atoms with Gasteiger partial charge in [-0.05, 0) is 18.2 Å². The zero-order chi connectivity index (χ0) is 14.8. The molecule has 3 rings (SSSR count). The summed E-state index contributed by atoms with van der Waals surface area (Å²) < 4.78 is 0. The van der Waals surface area contributed by atoms with Gasteiger partial charge in [0.05, 0.1) is 34.3 Å². The number of nitrogens with zero attached hydrogens (tertiary/aromatic N) is 2. The lowest BCUT2D eigenvalue weighted by molar-refractivity contribution is -0.118. The van der Waals surface area contributed by atoms with Crippen LogP contribution >= 0.6 is 11.6 Å². The lowest BCUT2D eigenvalue weighted by Gasteiger charge is -2.22. The van der Waals surface area contributed by atoms with Crippen LogP contribution in [-0.4, -0.2) is 21.9 Å². The molecule has 0 fully saturated rings. The smallest absolute Gasteiger partial charge is 0.241 e. The SMILES string of the molecule is N#Cc1cc(NC(=O)C2Cc3nc[nH]c3CN2)ccc1Cl. The summed E-state index contributed by atoms with van der Waals surface area (Å²) in [5.41, 5.74) is 2.80. The largest absolute Gasteiger partial charge is 0.347 e. The molecule has 1 aliphatic rings. The Balaban J connectivity index is 1.71. The highest BCUT2D eigenvalue weighted by Gasteiger charge is 2.25. The molecule has 3 N–H and O–H groups in total. The first-order valence-corrected chi connectivity index (χ1v) is 6.80. The van der Waals surface area contributed by atoms with Crippen molar-refractivity contribution < 1.29 is 4.79 Å². The van der Waals surface area contributed by atoms with E-state index in [1.165, 1.54) is 0 Å². The van der Waals surface area contributed by atoms with Gasteiger partial charge in [0.25, 0.3) is 0 Å². The second-order valence-electron chi connectivity index (χ2n) is 4.76. The molecule has 1 aliphatic heterocycles. The molecular formula is C14H12ClN5O. The molecule has 2 aromatic rings. The first-order valence-electron chi connectivity index (χ1n) is 6.42. The van der Waals surface area contributed by atoms with Gasteiger partial charge in [0.2, 0.25) is 5.91 Å². The van der Waals surface area contributed by atoms with E-state index in [0.29, 0.717) is 29.2 Å². The minimum absolute atomic E-state index is 0.158. The van der Waals surface area contributed by atoms with Crippen LogP contribution in [0, 0.1) is 11.3 Å². The van der Waals surface area contributed by atoms with Crippen molar-refractivity contribution in [1.82, 2.24) is 15.3 Å². The third kappa shape index (κ3) is 2.75. The molecule has 1 atom stereocenters. The first kappa shape index (κ1) is 13.6. The fourth-order valence-corrected chi connectivity index (χ4v) is 2.43. The number of carbonyl (C=O) groups excluding carboxylic acids is 1. The number of rotatable bonds is 2. The molecule has 0 aliphatic carbocycles. The van der Waals surface area contributed by atoms with Crippen LogP contribution in [-0.2, 0) is 17.8 Å². The fourth-order valence-electron chi connectivity index (χ4n) is 2.27. The highest BCUT2D eigenvalue weighted by atomic mass is 35.5. The molecule has 106 valence electrons. The van der Waals surface area contributed by atoms with E-state index in [-0.39, 0.29) is 11.9 Å². The zero-order valence-corrected chi connectivity index (χ0v) is 11.7. The number of aromatic nitrogens is 2. The molecule has 0 saturated carbocycles. The summed E-state index contributed by atoms with van der Waals surface area (Å²) in [6.45, 7) is 0.581. The van der Waals surface area contributed by atoms with Crippen molar-refractivity contribution >= 4 is 23.2 Å². The van der Waals surface area contributed by atoms with Gasteiger partial charge in [-0.25, -0.2) is 4.98 Å². The molecule has 1 aromatic carbocycles. The lowest BCUT2D eigenvalue weighted by atomic mass is 10.0. The number of amides is 1. The van der Waals surface area contributed by atoms with Crippen molar-refractivity contribution in [3.63, 3.8) is 0 Å². The maximum absolute atomic E-state index is 12.3. The summed E-state index contributed by atoms with van der Waals surface area (Å²) in [6.07, 6.45) is 2.16. The Kier molecular flexibility index (Phi) is 3.60. The summed E-state index contributed by atoms with van der Waals surface area (Å²) in [6, 6.07) is 6.46. The maximum atomic E-state index is 12.3. The molecule has 0 spiro atoms. The van der Waals surface area contributed by atoms with Gasteiger partial charge in [0.15, 0.2) is 0 Å². The van der Waals surface area contributed by atoms with Gasteiger partial charge >= 0.3 is 0 Å². The summed E-state index contributed by atoms with van der Waals surface area (Å²) in [5.74, 6) is -0.158. The van der Waals surface area contributed by atoms with Gasteiger partial charge in [-0.1, -0.05) is 11.6 Å². The minimum atomic E-state index is -0.345. The van der Waals surface area contributed by atoms with Gasteiger partial charge in [0.1, 0.15) is 6.07 Å². The van der Waals surface area contributed by atoms with E-state index in [1.54, 1.807) is 24.5 Å². The normalized spacial score (nSPS) is 16.9. The van der Waals surface area contributed by atoms with Crippen LogP contribution in [0.4, 0.5) is 5.69 Å². The van der Waals surface area contributed by atoms with E-state index < -0.39 is 0 Å². The van der Waals surface area contributed by atoms with Gasteiger partial charge in [-0.3, -0.25) is 10.1 Å². The quantitative estimate of drug-likeness (QED) is 0.785. The number of halogens is 1. The standard InChI is InChI=1S/C14H12ClN5O/c15-10-2-1-9(3-8(10)5-16)20-14(21)12-4-11-13(6-17-12)19-7-18-11/h1-3,7,12,17H,4,6H2,(H,18,19)(H,20,21). The van der Waals surface area contributed by atoms with E-state index in [4.69, 9.17) is 16.9 Å². The number of hydrogen-bond acceptors (Lipinski definition) is 4. The van der Waals surface area contributed by atoms with Gasteiger partial charge in [0, 0.05) is 18.7 Å². The van der Waals surface area contributed by atoms with Crippen molar-refractivity contribution in [3.05, 3.63) is 46.5 Å². The molecule has 6 nitrogen and oxygen atoms in total. The molecule has 0 bridgehead atoms. The number of aromatic amines is 1. The molecule has 2 heterocycles. The molecule has 0 radical (unpaired) electrons. The first-order chi connectivity index (χ1) is 10.2. The number of fused-ring (bicyclic) bond motifs is 1. The second kappa shape index (κ2) is 5.56. The number of benzene rings is 1. The van der Waals surface area contributed by atoms with E-state index in [1.807, 2.05) is 6.07 Å². The molecule has 1 aromatic heterocycles. The Morgan fingerprint density at radius 3 is 3.19 bits per heavy atom.